The second kappa shape index (κ2) is 6.16. The van der Waals surface area contributed by atoms with E-state index in [1.54, 1.807) is 0 Å². The Morgan fingerprint density at radius 2 is 2.05 bits per heavy atom. The predicted molar refractivity (Wildman–Crippen MR) is 75.9 cm³/mol. The van der Waals surface area contributed by atoms with E-state index in [0.717, 1.165) is 31.3 Å². The van der Waals surface area contributed by atoms with Crippen molar-refractivity contribution >= 4 is 11.6 Å². The summed E-state index contributed by atoms with van der Waals surface area (Å²) in [5, 5.41) is 3.43. The largest absolute Gasteiger partial charge is 0.381 e. The van der Waals surface area contributed by atoms with Crippen molar-refractivity contribution in [2.24, 2.45) is 11.8 Å². The van der Waals surface area contributed by atoms with Gasteiger partial charge in [-0.25, -0.2) is 15.8 Å². The summed E-state index contributed by atoms with van der Waals surface area (Å²) in [6.45, 7) is 7.96. The Kier molecular flexibility index (Phi) is 4.55. The first-order valence-corrected chi connectivity index (χ1v) is 6.80. The number of anilines is 2. The monoisotopic (exact) mass is 265 g/mol. The molecule has 0 bridgehead atoms. The Bertz CT molecular complexity index is 417. The summed E-state index contributed by atoms with van der Waals surface area (Å²) < 4.78 is 5.42. The normalized spacial score (nSPS) is 20.6. The first-order valence-electron chi connectivity index (χ1n) is 6.80. The van der Waals surface area contributed by atoms with E-state index in [0.29, 0.717) is 17.8 Å². The molecule has 19 heavy (non-hydrogen) atoms. The molecule has 4 N–H and O–H groups in total. The van der Waals surface area contributed by atoms with Crippen molar-refractivity contribution in [1.29, 1.82) is 0 Å². The van der Waals surface area contributed by atoms with E-state index < -0.39 is 0 Å². The number of hydrogen-bond donors (Lipinski definition) is 3. The molecule has 6 heteroatoms. The Morgan fingerprint density at radius 3 is 2.63 bits per heavy atom. The number of nitrogen functional groups attached to an aromatic ring is 1. The quantitative estimate of drug-likeness (QED) is 0.555. The lowest BCUT2D eigenvalue weighted by Crippen LogP contribution is -2.27. The zero-order valence-electron chi connectivity index (χ0n) is 11.8. The summed E-state index contributed by atoms with van der Waals surface area (Å²) in [4.78, 5) is 8.88. The number of ether oxygens (including phenoxy) is 1. The van der Waals surface area contributed by atoms with Crippen molar-refractivity contribution in [3.05, 3.63) is 11.9 Å². The van der Waals surface area contributed by atoms with Crippen LogP contribution >= 0.6 is 0 Å². The van der Waals surface area contributed by atoms with Crippen LogP contribution in [0.1, 0.15) is 38.9 Å². The first-order chi connectivity index (χ1) is 9.10. The molecule has 2 unspecified atom stereocenters. The molecule has 1 fully saturated rings. The lowest BCUT2D eigenvalue weighted by atomic mass is 10.0. The topological polar surface area (TPSA) is 85.1 Å². The number of rotatable bonds is 5. The second-order valence-electron chi connectivity index (χ2n) is 5.35. The fourth-order valence-electron chi connectivity index (χ4n) is 2.17. The van der Waals surface area contributed by atoms with E-state index in [9.17, 15) is 0 Å². The molecule has 1 aliphatic heterocycles. The number of hydrogen-bond acceptors (Lipinski definition) is 6. The van der Waals surface area contributed by atoms with Gasteiger partial charge in [0.1, 0.15) is 17.5 Å². The van der Waals surface area contributed by atoms with Gasteiger partial charge in [-0.2, -0.15) is 0 Å². The van der Waals surface area contributed by atoms with Gasteiger partial charge in [0.15, 0.2) is 0 Å². The fraction of sp³-hybridized carbons (Fsp3) is 0.692. The Hall–Kier alpha value is -1.40. The summed E-state index contributed by atoms with van der Waals surface area (Å²) in [5.41, 5.74) is 2.59. The predicted octanol–water partition coefficient (Wildman–Crippen LogP) is 1.72. The summed E-state index contributed by atoms with van der Waals surface area (Å²) in [6.07, 6.45) is 1.10. The van der Waals surface area contributed by atoms with Crippen molar-refractivity contribution in [3.8, 4) is 0 Å². The molecule has 106 valence electrons. The van der Waals surface area contributed by atoms with Gasteiger partial charge >= 0.3 is 0 Å². The van der Waals surface area contributed by atoms with Crippen LogP contribution in [0.25, 0.3) is 0 Å². The van der Waals surface area contributed by atoms with Crippen molar-refractivity contribution in [1.82, 2.24) is 9.97 Å². The van der Waals surface area contributed by atoms with Crippen LogP contribution in [0.15, 0.2) is 6.07 Å². The number of nitrogens with one attached hydrogen (secondary N) is 2. The average molecular weight is 265 g/mol. The van der Waals surface area contributed by atoms with E-state index in [-0.39, 0.29) is 5.92 Å². The lowest BCUT2D eigenvalue weighted by molar-refractivity contribution is 0.183. The van der Waals surface area contributed by atoms with Gasteiger partial charge in [0, 0.05) is 30.6 Å². The average Bonchev–Trinajstić information content (AvgIpc) is 2.92. The van der Waals surface area contributed by atoms with Gasteiger partial charge in [-0.05, 0) is 13.3 Å². The standard InChI is InChI=1S/C13H23N5O/c1-8(2)13-16-11(6-12(17-13)18-14)15-9(3)10-4-5-19-7-10/h6,8-10H,4-5,7,14H2,1-3H3,(H2,15,16,17,18). The van der Waals surface area contributed by atoms with Crippen molar-refractivity contribution < 1.29 is 4.74 Å². The van der Waals surface area contributed by atoms with Crippen molar-refractivity contribution in [2.75, 3.05) is 24.0 Å². The molecule has 6 nitrogen and oxygen atoms in total. The number of aromatic nitrogens is 2. The number of nitrogens with two attached hydrogens (primary N) is 1. The van der Waals surface area contributed by atoms with Gasteiger partial charge in [0.05, 0.1) is 6.61 Å². The Labute approximate surface area is 114 Å². The molecule has 0 aromatic carbocycles. The van der Waals surface area contributed by atoms with E-state index in [4.69, 9.17) is 10.6 Å². The molecule has 0 aliphatic carbocycles. The Morgan fingerprint density at radius 1 is 1.32 bits per heavy atom. The minimum Gasteiger partial charge on any atom is -0.381 e. The molecule has 0 spiro atoms. The highest BCUT2D eigenvalue weighted by Crippen LogP contribution is 2.21. The maximum atomic E-state index is 5.45. The maximum Gasteiger partial charge on any atom is 0.145 e. The molecular weight excluding hydrogens is 242 g/mol. The third kappa shape index (κ3) is 3.54. The summed E-state index contributed by atoms with van der Waals surface area (Å²) in [7, 11) is 0. The Balaban J connectivity index is 2.11. The molecule has 0 saturated carbocycles. The van der Waals surface area contributed by atoms with Gasteiger partial charge in [-0.3, -0.25) is 0 Å². The minimum atomic E-state index is 0.263. The minimum absolute atomic E-state index is 0.263. The van der Waals surface area contributed by atoms with Gasteiger partial charge in [-0.15, -0.1) is 0 Å². The first kappa shape index (κ1) is 14.0. The SMILES string of the molecule is CC(C)c1nc(NN)cc(NC(C)C2CCOC2)n1. The van der Waals surface area contributed by atoms with Gasteiger partial charge in [0.2, 0.25) is 0 Å². The van der Waals surface area contributed by atoms with Crippen molar-refractivity contribution in [2.45, 2.75) is 39.2 Å². The third-order valence-electron chi connectivity index (χ3n) is 3.46. The zero-order chi connectivity index (χ0) is 13.8. The molecule has 1 aliphatic rings. The number of nitrogens with zero attached hydrogens (tertiary/aromatic N) is 2. The second-order valence-corrected chi connectivity index (χ2v) is 5.35. The molecule has 2 rings (SSSR count). The smallest absolute Gasteiger partial charge is 0.145 e. The maximum absolute atomic E-state index is 5.45. The van der Waals surface area contributed by atoms with Crippen molar-refractivity contribution in [3.63, 3.8) is 0 Å². The molecular formula is C13H23N5O. The molecule has 0 amide bonds. The lowest BCUT2D eigenvalue weighted by Gasteiger charge is -2.20. The van der Waals surface area contributed by atoms with Crippen LogP contribution in [-0.4, -0.2) is 29.2 Å². The highest BCUT2D eigenvalue weighted by molar-refractivity contribution is 5.47. The van der Waals surface area contributed by atoms with Crippen LogP contribution in [0.2, 0.25) is 0 Å². The van der Waals surface area contributed by atoms with Gasteiger partial charge < -0.3 is 15.5 Å². The highest BCUT2D eigenvalue weighted by atomic mass is 16.5. The van der Waals surface area contributed by atoms with E-state index >= 15 is 0 Å². The van der Waals surface area contributed by atoms with Crippen LogP contribution in [0.4, 0.5) is 11.6 Å². The molecule has 2 atom stereocenters. The van der Waals surface area contributed by atoms with Gasteiger partial charge in [-0.1, -0.05) is 13.8 Å². The van der Waals surface area contributed by atoms with E-state index in [1.807, 2.05) is 6.07 Å². The highest BCUT2D eigenvalue weighted by Gasteiger charge is 2.22. The van der Waals surface area contributed by atoms with Gasteiger partial charge in [0.25, 0.3) is 0 Å². The summed E-state index contributed by atoms with van der Waals surface area (Å²) >= 11 is 0. The molecule has 0 radical (unpaired) electrons. The molecule has 1 aromatic heterocycles. The summed E-state index contributed by atoms with van der Waals surface area (Å²) in [5.74, 6) is 8.48. The number of hydrazine groups is 1. The van der Waals surface area contributed by atoms with Crippen LogP contribution in [0.5, 0.6) is 0 Å². The van der Waals surface area contributed by atoms with E-state index in [2.05, 4.69) is 41.5 Å². The zero-order valence-corrected chi connectivity index (χ0v) is 11.8. The van der Waals surface area contributed by atoms with E-state index in [1.165, 1.54) is 0 Å². The fourth-order valence-corrected chi connectivity index (χ4v) is 2.17. The molecule has 1 aromatic rings. The van der Waals surface area contributed by atoms with Crippen LogP contribution < -0.4 is 16.6 Å². The van der Waals surface area contributed by atoms with Crippen LogP contribution in [-0.2, 0) is 4.74 Å². The molecule has 2 heterocycles. The third-order valence-corrected chi connectivity index (χ3v) is 3.46. The van der Waals surface area contributed by atoms with Crippen LogP contribution in [0, 0.1) is 5.92 Å². The van der Waals surface area contributed by atoms with Crippen LogP contribution in [0.3, 0.4) is 0 Å². The molecule has 1 saturated heterocycles. The summed E-state index contributed by atoms with van der Waals surface area (Å²) in [6, 6.07) is 2.15.